The molecule has 21 nitrogen and oxygen atoms in total. The third-order valence-electron chi connectivity index (χ3n) is 15.4. The summed E-state index contributed by atoms with van der Waals surface area (Å²) in [5.74, 6) is -2.92. The van der Waals surface area contributed by atoms with Gasteiger partial charge in [0.25, 0.3) is 0 Å². The number of alkyl carbamates (subject to hydrolysis) is 3. The number of nitrogens with one attached hydrogen (secondary N) is 3. The molecule has 0 aliphatic rings. The maximum atomic E-state index is 13.1. The summed E-state index contributed by atoms with van der Waals surface area (Å²) >= 11 is 0. The van der Waals surface area contributed by atoms with Crippen LogP contribution in [0.4, 0.5) is 14.4 Å². The van der Waals surface area contributed by atoms with E-state index in [1.54, 1.807) is 0 Å². The van der Waals surface area contributed by atoms with Gasteiger partial charge >= 0.3 is 54.1 Å². The van der Waals surface area contributed by atoms with Crippen molar-refractivity contribution in [2.24, 2.45) is 0 Å². The van der Waals surface area contributed by atoms with Gasteiger partial charge in [-0.1, -0.05) is 193 Å². The zero-order valence-electron chi connectivity index (χ0n) is 59.2. The van der Waals surface area contributed by atoms with Gasteiger partial charge in [-0.2, -0.15) is 0 Å². The van der Waals surface area contributed by atoms with Crippen molar-refractivity contribution in [3.63, 3.8) is 0 Å². The summed E-state index contributed by atoms with van der Waals surface area (Å²) in [6.45, 7) is 16.6. The highest BCUT2D eigenvalue weighted by molar-refractivity contribution is 5.82. The Morgan fingerprint density at radius 1 is 0.312 bits per heavy atom. The first kappa shape index (κ1) is 89.1. The molecular weight excluding hydrogens is 1230 g/mol. The molecule has 0 radical (unpaired) electrons. The van der Waals surface area contributed by atoms with Crippen molar-refractivity contribution >= 4 is 54.1 Å². The van der Waals surface area contributed by atoms with Crippen LogP contribution in [0, 0.1) is 0 Å². The summed E-state index contributed by atoms with van der Waals surface area (Å²) < 4.78 is 48.7. The fourth-order valence-corrected chi connectivity index (χ4v) is 9.90. The van der Waals surface area contributed by atoms with E-state index in [1.807, 2.05) is 0 Å². The molecule has 0 saturated heterocycles. The molecule has 3 amide bonds. The number of carbonyl (C=O) groups is 9. The molecule has 548 valence electrons. The second-order valence-electron chi connectivity index (χ2n) is 24.0. The van der Waals surface area contributed by atoms with Crippen LogP contribution in [0.3, 0.4) is 0 Å². The summed E-state index contributed by atoms with van der Waals surface area (Å²) in [5.41, 5.74) is 0. The molecule has 0 aromatic carbocycles. The van der Waals surface area contributed by atoms with Gasteiger partial charge in [0.2, 0.25) is 0 Å². The molecule has 96 heavy (non-hydrogen) atoms. The van der Waals surface area contributed by atoms with Crippen molar-refractivity contribution in [3.8, 4) is 0 Å². The number of rotatable bonds is 65. The maximum Gasteiger partial charge on any atom is 0.407 e. The van der Waals surface area contributed by atoms with Crippen LogP contribution in [0.1, 0.15) is 271 Å². The van der Waals surface area contributed by atoms with Crippen molar-refractivity contribution in [2.75, 3.05) is 52.7 Å². The second kappa shape index (κ2) is 66.7. The molecular formula is C75H125N3O18. The first-order valence-electron chi connectivity index (χ1n) is 36.4. The molecule has 3 N–H and O–H groups in total. The summed E-state index contributed by atoms with van der Waals surface area (Å²) in [7, 11) is 0. The van der Waals surface area contributed by atoms with Gasteiger partial charge in [0, 0.05) is 56.8 Å². The topological polar surface area (TPSA) is 273 Å². The van der Waals surface area contributed by atoms with E-state index in [9.17, 15) is 43.2 Å². The van der Waals surface area contributed by atoms with Crippen LogP contribution in [0.5, 0.6) is 0 Å². The third kappa shape index (κ3) is 60.7. The monoisotopic (exact) mass is 1360 g/mol. The number of hydrogen-bond acceptors (Lipinski definition) is 18. The van der Waals surface area contributed by atoms with E-state index in [0.29, 0.717) is 38.5 Å². The van der Waals surface area contributed by atoms with Crippen molar-refractivity contribution < 1.29 is 85.8 Å². The highest BCUT2D eigenvalue weighted by Gasteiger charge is 2.21. The van der Waals surface area contributed by atoms with Crippen LogP contribution < -0.4 is 16.0 Å². The Hall–Kier alpha value is -6.93. The first-order chi connectivity index (χ1) is 46.7. The quantitative estimate of drug-likeness (QED) is 0.0168. The van der Waals surface area contributed by atoms with E-state index in [2.05, 4.69) is 92.9 Å². The lowest BCUT2D eigenvalue weighted by atomic mass is 10.1. The largest absolute Gasteiger partial charge is 0.462 e. The zero-order chi connectivity index (χ0) is 70.6. The van der Waals surface area contributed by atoms with Crippen molar-refractivity contribution in [2.45, 2.75) is 296 Å². The summed E-state index contributed by atoms with van der Waals surface area (Å²) in [6.07, 6.45) is 45.6. The van der Waals surface area contributed by atoms with Crippen LogP contribution in [-0.2, 0) is 71.4 Å². The minimum Gasteiger partial charge on any atom is -0.462 e. The number of hydrogen-bond donors (Lipinski definition) is 3. The third-order valence-corrected chi connectivity index (χ3v) is 15.4. The van der Waals surface area contributed by atoms with E-state index >= 15 is 0 Å². The Morgan fingerprint density at radius 2 is 0.594 bits per heavy atom. The van der Waals surface area contributed by atoms with Crippen molar-refractivity contribution in [1.29, 1.82) is 0 Å². The average molecular weight is 1360 g/mol. The van der Waals surface area contributed by atoms with Gasteiger partial charge in [-0.25, -0.2) is 28.8 Å². The van der Waals surface area contributed by atoms with Gasteiger partial charge in [0.05, 0.1) is 19.6 Å². The molecule has 0 spiro atoms. The molecule has 0 heterocycles. The fraction of sp³-hybridized carbons (Fsp3) is 0.720. The van der Waals surface area contributed by atoms with E-state index < -0.39 is 60.2 Å². The molecule has 0 aliphatic carbocycles. The molecule has 0 aromatic heterocycles. The van der Waals surface area contributed by atoms with E-state index in [1.165, 1.54) is 0 Å². The average Bonchev–Trinajstić information content (AvgIpc) is 3.45. The molecule has 0 fully saturated rings. The van der Waals surface area contributed by atoms with Gasteiger partial charge in [0.15, 0.2) is 6.10 Å². The van der Waals surface area contributed by atoms with Crippen LogP contribution in [0.2, 0.25) is 0 Å². The molecule has 21 heteroatoms. The summed E-state index contributed by atoms with van der Waals surface area (Å²) in [4.78, 5) is 110. The molecule has 0 rings (SSSR count). The van der Waals surface area contributed by atoms with Gasteiger partial charge < -0.3 is 58.6 Å². The van der Waals surface area contributed by atoms with Crippen LogP contribution >= 0.6 is 0 Å². The minimum absolute atomic E-state index is 0.0304. The Bertz CT molecular complexity index is 2080. The highest BCUT2D eigenvalue weighted by Crippen LogP contribution is 2.18. The van der Waals surface area contributed by atoms with Crippen LogP contribution in [-0.4, -0.2) is 131 Å². The SMILES string of the molecule is C=CC(=O)OCCNC(=O)OC(CC=CCCCCCCCC(=O)OCC(COC(=O)CCCCCCCC=CCC(CCCCCC)OC(=O)NCCOC(=O)C=C)OC(=O)CCCCCCCC=CCC(CCCCCC)OC(=O)NCCOC(=O)C=C)CCCCCC. The molecule has 0 bridgehead atoms. The number of ether oxygens (including phenoxy) is 9. The molecule has 0 aromatic rings. The molecule has 0 saturated carbocycles. The molecule has 3 unspecified atom stereocenters. The van der Waals surface area contributed by atoms with Crippen LogP contribution in [0.15, 0.2) is 74.4 Å². The normalized spacial score (nSPS) is 12.4. The number of carbonyl (C=O) groups excluding carboxylic acids is 9. The first-order valence-corrected chi connectivity index (χ1v) is 36.4. The van der Waals surface area contributed by atoms with Crippen molar-refractivity contribution in [3.05, 3.63) is 74.4 Å². The minimum atomic E-state index is -0.941. The van der Waals surface area contributed by atoms with Gasteiger partial charge in [-0.3, -0.25) is 14.4 Å². The number of unbranched alkanes of at least 4 members (excludes halogenated alkanes) is 24. The predicted octanol–water partition coefficient (Wildman–Crippen LogP) is 16.4. The standard InChI is InChI=1S/C75H125N3O18/c1-7-13-16-37-46-63(94-73(85)76-55-58-88-67(79)10-4)49-40-31-25-19-22-28-34-43-52-70(82)91-61-66(93-72(84)54-45-36-30-24-21-27-33-42-51-65(48-39-18-15-9-3)96-75(87)78-57-60-90-69(81)12-6)62-92-71(83)53-44-35-29-23-20-26-32-41-50-64(47-38-17-14-8-2)95-74(86)77-56-59-89-68(80)11-5/h10-12,31-33,40-42,63-66H,4-9,13-30,34-39,43-62H2,1-3H3,(H,76,85)(H,77,86)(H,78,87). The Morgan fingerprint density at radius 3 is 0.896 bits per heavy atom. The van der Waals surface area contributed by atoms with E-state index in [-0.39, 0.29) is 90.2 Å². The van der Waals surface area contributed by atoms with Crippen LogP contribution in [0.25, 0.3) is 0 Å². The predicted molar refractivity (Wildman–Crippen MR) is 375 cm³/mol. The van der Waals surface area contributed by atoms with Gasteiger partial charge in [0.1, 0.15) is 51.3 Å². The Balaban J connectivity index is 5.15. The lowest BCUT2D eigenvalue weighted by Crippen LogP contribution is -2.31. The van der Waals surface area contributed by atoms with Crippen molar-refractivity contribution in [1.82, 2.24) is 16.0 Å². The summed E-state index contributed by atoms with van der Waals surface area (Å²) in [5, 5.41) is 7.89. The molecule has 0 aliphatic heterocycles. The smallest absolute Gasteiger partial charge is 0.407 e. The van der Waals surface area contributed by atoms with Gasteiger partial charge in [-0.05, 0) is 96.3 Å². The van der Waals surface area contributed by atoms with E-state index in [4.69, 9.17) is 42.6 Å². The fourth-order valence-electron chi connectivity index (χ4n) is 9.90. The Labute approximate surface area is 576 Å². The lowest BCUT2D eigenvalue weighted by molar-refractivity contribution is -0.167. The van der Waals surface area contributed by atoms with E-state index in [0.717, 1.165) is 211 Å². The zero-order valence-corrected chi connectivity index (χ0v) is 59.2. The Kier molecular flexibility index (Phi) is 61.9. The highest BCUT2D eigenvalue weighted by atomic mass is 16.6. The number of esters is 6. The van der Waals surface area contributed by atoms with Gasteiger partial charge in [-0.15, -0.1) is 0 Å². The maximum absolute atomic E-state index is 13.1. The molecule has 3 atom stereocenters. The number of amides is 3. The summed E-state index contributed by atoms with van der Waals surface area (Å²) in [6, 6.07) is 0. The lowest BCUT2D eigenvalue weighted by Gasteiger charge is -2.18. The second-order valence-corrected chi connectivity index (χ2v) is 24.0. The number of allylic oxidation sites excluding steroid dienone is 3.